The van der Waals surface area contributed by atoms with Gasteiger partial charge in [0.15, 0.2) is 6.10 Å². The lowest BCUT2D eigenvalue weighted by atomic mass is 10.0. The molecule has 0 saturated carbocycles. The average molecular weight is 421 g/mol. The molecule has 0 aromatic heterocycles. The highest BCUT2D eigenvalue weighted by Crippen LogP contribution is 2.37. The lowest BCUT2D eigenvalue weighted by molar-refractivity contribution is -0.123. The summed E-state index contributed by atoms with van der Waals surface area (Å²) < 4.78 is 5.40. The highest BCUT2D eigenvalue weighted by atomic mass is 16.5. The van der Waals surface area contributed by atoms with Crippen LogP contribution in [0.15, 0.2) is 30.3 Å². The van der Waals surface area contributed by atoms with Gasteiger partial charge >= 0.3 is 5.97 Å². The number of esters is 1. The molecule has 1 fully saturated rings. The molecular weight excluding hydrogens is 394 g/mol. The molecule has 2 amide bonds. The van der Waals surface area contributed by atoms with Gasteiger partial charge in [-0.25, -0.2) is 4.79 Å². The fourth-order valence-corrected chi connectivity index (χ4v) is 4.44. The number of anilines is 3. The van der Waals surface area contributed by atoms with E-state index < -0.39 is 18.0 Å². The average Bonchev–Trinajstić information content (AvgIpc) is 3.21. The molecule has 2 heterocycles. The van der Waals surface area contributed by atoms with E-state index in [1.54, 1.807) is 19.1 Å². The minimum atomic E-state index is -0.971. The van der Waals surface area contributed by atoms with Crippen molar-refractivity contribution >= 4 is 34.8 Å². The number of nitrogens with one attached hydrogen (secondary N) is 2. The van der Waals surface area contributed by atoms with Gasteiger partial charge in [-0.15, -0.1) is 0 Å². The van der Waals surface area contributed by atoms with Crippen molar-refractivity contribution in [1.82, 2.24) is 0 Å². The summed E-state index contributed by atoms with van der Waals surface area (Å²) in [7, 11) is 0. The number of aryl methyl sites for hydroxylation is 3. The highest BCUT2D eigenvalue weighted by molar-refractivity contribution is 6.06. The first-order valence-corrected chi connectivity index (χ1v) is 10.6. The number of rotatable bonds is 4. The van der Waals surface area contributed by atoms with E-state index in [9.17, 15) is 14.4 Å². The van der Waals surface area contributed by atoms with Gasteiger partial charge in [-0.1, -0.05) is 17.7 Å². The van der Waals surface area contributed by atoms with Crippen molar-refractivity contribution in [2.45, 2.75) is 52.7 Å². The van der Waals surface area contributed by atoms with Crippen LogP contribution >= 0.6 is 0 Å². The van der Waals surface area contributed by atoms with Crippen LogP contribution in [0.3, 0.4) is 0 Å². The van der Waals surface area contributed by atoms with Crippen molar-refractivity contribution in [3.05, 3.63) is 52.6 Å². The van der Waals surface area contributed by atoms with Crippen LogP contribution in [0, 0.1) is 20.8 Å². The summed E-state index contributed by atoms with van der Waals surface area (Å²) in [6.07, 6.45) is 0.830. The number of amides is 2. The van der Waals surface area contributed by atoms with Gasteiger partial charge in [-0.2, -0.15) is 0 Å². The Balaban J connectivity index is 1.45. The van der Waals surface area contributed by atoms with Crippen LogP contribution in [0.1, 0.15) is 46.8 Å². The predicted octanol–water partition coefficient (Wildman–Crippen LogP) is 3.72. The molecule has 2 atom stereocenters. The molecule has 162 valence electrons. The Morgan fingerprint density at radius 1 is 1.16 bits per heavy atom. The first-order valence-electron chi connectivity index (χ1n) is 10.6. The Kier molecular flexibility index (Phi) is 5.43. The maximum absolute atomic E-state index is 12.7. The second kappa shape index (κ2) is 8.06. The maximum Gasteiger partial charge on any atom is 0.338 e. The molecule has 7 heteroatoms. The van der Waals surface area contributed by atoms with E-state index in [1.807, 2.05) is 39.0 Å². The van der Waals surface area contributed by atoms with Gasteiger partial charge in [0, 0.05) is 12.2 Å². The molecule has 4 rings (SSSR count). The third-order valence-corrected chi connectivity index (χ3v) is 5.93. The number of nitrogens with zero attached hydrogens (tertiary/aromatic N) is 1. The Morgan fingerprint density at radius 3 is 2.58 bits per heavy atom. The van der Waals surface area contributed by atoms with Gasteiger partial charge in [-0.3, -0.25) is 9.59 Å². The molecule has 7 nitrogen and oxygen atoms in total. The van der Waals surface area contributed by atoms with E-state index in [2.05, 4.69) is 15.5 Å². The van der Waals surface area contributed by atoms with E-state index in [0.29, 0.717) is 11.3 Å². The highest BCUT2D eigenvalue weighted by Gasteiger charge is 2.36. The molecule has 31 heavy (non-hydrogen) atoms. The Hall–Kier alpha value is -3.35. The third-order valence-electron chi connectivity index (χ3n) is 5.93. The van der Waals surface area contributed by atoms with Gasteiger partial charge in [0.1, 0.15) is 6.04 Å². The van der Waals surface area contributed by atoms with Crippen LogP contribution in [-0.2, 0) is 14.3 Å². The monoisotopic (exact) mass is 421 g/mol. The molecule has 2 aliphatic heterocycles. The first kappa shape index (κ1) is 20.9. The second-order valence-corrected chi connectivity index (χ2v) is 8.38. The molecule has 1 saturated heterocycles. The van der Waals surface area contributed by atoms with Gasteiger partial charge < -0.3 is 20.3 Å². The summed E-state index contributed by atoms with van der Waals surface area (Å²) in [6, 6.07) is 8.96. The zero-order chi connectivity index (χ0) is 22.3. The lowest BCUT2D eigenvalue weighted by Crippen LogP contribution is -2.43. The summed E-state index contributed by atoms with van der Waals surface area (Å²) in [5, 5.41) is 5.75. The minimum absolute atomic E-state index is 0.0490. The molecule has 2 N–H and O–H groups in total. The summed E-state index contributed by atoms with van der Waals surface area (Å²) in [5.41, 5.74) is 5.56. The Bertz CT molecular complexity index is 1060. The first-order chi connectivity index (χ1) is 14.7. The standard InChI is InChI=1S/C24H27N3O4/c1-13-10-14(2)21(15(3)11-13)26-22(28)16(4)31-24(30)17-7-8-19-18(12-17)25-23(29)20-6-5-9-27(19)20/h7-8,10-12,16,20H,5-6,9H2,1-4H3,(H,25,29)(H,26,28)/t16-,20-/m0/s1. The van der Waals surface area contributed by atoms with E-state index in [-0.39, 0.29) is 11.9 Å². The Morgan fingerprint density at radius 2 is 1.87 bits per heavy atom. The smallest absolute Gasteiger partial charge is 0.338 e. The molecular formula is C24H27N3O4. The Labute approximate surface area is 181 Å². The lowest BCUT2D eigenvalue weighted by Gasteiger charge is -2.33. The van der Waals surface area contributed by atoms with Crippen LogP contribution in [0.5, 0.6) is 0 Å². The summed E-state index contributed by atoms with van der Waals surface area (Å²) in [4.78, 5) is 39.7. The topological polar surface area (TPSA) is 87.7 Å². The maximum atomic E-state index is 12.7. The van der Waals surface area contributed by atoms with Gasteiger partial charge in [0.25, 0.3) is 5.91 Å². The molecule has 0 radical (unpaired) electrons. The van der Waals surface area contributed by atoms with Crippen LogP contribution in [0.2, 0.25) is 0 Å². The van der Waals surface area contributed by atoms with Crippen LogP contribution in [0.4, 0.5) is 17.1 Å². The van der Waals surface area contributed by atoms with E-state index >= 15 is 0 Å². The molecule has 2 aromatic carbocycles. The molecule has 0 bridgehead atoms. The molecule has 2 aliphatic rings. The second-order valence-electron chi connectivity index (χ2n) is 8.38. The van der Waals surface area contributed by atoms with Gasteiger partial charge in [0.2, 0.25) is 5.91 Å². The zero-order valence-corrected chi connectivity index (χ0v) is 18.2. The van der Waals surface area contributed by atoms with Gasteiger partial charge in [-0.05, 0) is 69.9 Å². The molecule has 0 spiro atoms. The molecule has 0 aliphatic carbocycles. The van der Waals surface area contributed by atoms with Crippen molar-refractivity contribution in [3.63, 3.8) is 0 Å². The van der Waals surface area contributed by atoms with E-state index in [4.69, 9.17) is 4.74 Å². The van der Waals surface area contributed by atoms with Crippen molar-refractivity contribution in [2.75, 3.05) is 22.1 Å². The van der Waals surface area contributed by atoms with Gasteiger partial charge in [0.05, 0.1) is 16.9 Å². The number of carbonyl (C=O) groups excluding carboxylic acids is 3. The van der Waals surface area contributed by atoms with Crippen LogP contribution < -0.4 is 15.5 Å². The van der Waals surface area contributed by atoms with Crippen LogP contribution in [-0.4, -0.2) is 36.5 Å². The normalized spacial score (nSPS) is 18.0. The number of hydrogen-bond donors (Lipinski definition) is 2. The molecule has 2 aromatic rings. The largest absolute Gasteiger partial charge is 0.449 e. The number of carbonyl (C=O) groups is 3. The summed E-state index contributed by atoms with van der Waals surface area (Å²) in [5.74, 6) is -1.05. The number of fused-ring (bicyclic) bond motifs is 3. The summed E-state index contributed by atoms with van der Waals surface area (Å²) >= 11 is 0. The number of hydrogen-bond acceptors (Lipinski definition) is 5. The number of benzene rings is 2. The van der Waals surface area contributed by atoms with Crippen molar-refractivity contribution in [1.29, 1.82) is 0 Å². The molecule has 0 unspecified atom stereocenters. The van der Waals surface area contributed by atoms with E-state index in [0.717, 1.165) is 47.5 Å². The quantitative estimate of drug-likeness (QED) is 0.735. The fraction of sp³-hybridized carbons (Fsp3) is 0.375. The van der Waals surface area contributed by atoms with E-state index in [1.165, 1.54) is 0 Å². The third kappa shape index (κ3) is 4.00. The minimum Gasteiger partial charge on any atom is -0.449 e. The zero-order valence-electron chi connectivity index (χ0n) is 18.2. The fourth-order valence-electron chi connectivity index (χ4n) is 4.44. The van der Waals surface area contributed by atoms with Crippen molar-refractivity contribution < 1.29 is 19.1 Å². The summed E-state index contributed by atoms with van der Waals surface area (Å²) in [6.45, 7) is 8.23. The van der Waals surface area contributed by atoms with Crippen molar-refractivity contribution in [2.24, 2.45) is 0 Å². The van der Waals surface area contributed by atoms with Crippen molar-refractivity contribution in [3.8, 4) is 0 Å². The van der Waals surface area contributed by atoms with Crippen LogP contribution in [0.25, 0.3) is 0 Å². The SMILES string of the molecule is Cc1cc(C)c(NC(=O)[C@H](C)OC(=O)c2ccc3c(c2)NC(=O)[C@@H]2CCCN32)c(C)c1. The predicted molar refractivity (Wildman–Crippen MR) is 120 cm³/mol. The number of ether oxygens (including phenoxy) is 1.